The van der Waals surface area contributed by atoms with Gasteiger partial charge in [0.1, 0.15) is 0 Å². The van der Waals surface area contributed by atoms with Gasteiger partial charge in [-0.25, -0.2) is 4.98 Å². The zero-order chi connectivity index (χ0) is 23.0. The van der Waals surface area contributed by atoms with E-state index in [-0.39, 0.29) is 36.9 Å². The minimum absolute atomic E-state index is 0. The number of alkyl halides is 3. The van der Waals surface area contributed by atoms with E-state index < -0.39 is 11.7 Å². The molecule has 2 aliphatic rings. The highest BCUT2D eigenvalue weighted by Crippen LogP contribution is 2.35. The van der Waals surface area contributed by atoms with Gasteiger partial charge in [0.25, 0.3) is 0 Å². The third kappa shape index (κ3) is 6.10. The fraction of sp³-hybridized carbons (Fsp3) is 0.522. The average molecular weight is 532 g/mol. The number of nitrogens with two attached hydrogens (primary N) is 1. The van der Waals surface area contributed by atoms with Gasteiger partial charge in [-0.15, -0.1) is 24.8 Å². The van der Waals surface area contributed by atoms with E-state index in [1.54, 1.807) is 6.33 Å². The monoisotopic (exact) mass is 531 g/mol. The summed E-state index contributed by atoms with van der Waals surface area (Å²) in [4.78, 5) is 14.0. The number of nitrogens with zero attached hydrogens (tertiary/aromatic N) is 4. The van der Waals surface area contributed by atoms with E-state index in [0.29, 0.717) is 29.0 Å². The summed E-state index contributed by atoms with van der Waals surface area (Å²) in [5, 5.41) is 6.61. The summed E-state index contributed by atoms with van der Waals surface area (Å²) in [7, 11) is 0. The van der Waals surface area contributed by atoms with Crippen molar-refractivity contribution >= 4 is 53.4 Å². The van der Waals surface area contributed by atoms with Gasteiger partial charge in [0.2, 0.25) is 5.95 Å². The number of hydrogen-bond donors (Lipinski definition) is 3. The van der Waals surface area contributed by atoms with Crippen molar-refractivity contribution in [3.05, 3.63) is 36.2 Å². The lowest BCUT2D eigenvalue weighted by molar-refractivity contribution is -0.137. The summed E-state index contributed by atoms with van der Waals surface area (Å²) in [5.41, 5.74) is 7.20. The van der Waals surface area contributed by atoms with E-state index in [1.165, 1.54) is 25.0 Å². The van der Waals surface area contributed by atoms with Crippen LogP contribution in [0.1, 0.15) is 63.0 Å². The molecule has 0 radical (unpaired) electrons. The smallest absolute Gasteiger partial charge is 0.351 e. The fourth-order valence-electron chi connectivity index (χ4n) is 4.84. The molecular formula is C23H30Cl2F3N7. The minimum Gasteiger partial charge on any atom is -0.351 e. The molecule has 0 saturated heterocycles. The molecule has 192 valence electrons. The summed E-state index contributed by atoms with van der Waals surface area (Å²) >= 11 is 0. The lowest BCUT2D eigenvalue weighted by Gasteiger charge is -2.27. The predicted octanol–water partition coefficient (Wildman–Crippen LogP) is 6.23. The Labute approximate surface area is 214 Å². The number of benzene rings is 1. The molecule has 7 nitrogen and oxygen atoms in total. The van der Waals surface area contributed by atoms with Gasteiger partial charge in [-0.05, 0) is 62.8 Å². The highest BCUT2D eigenvalue weighted by atomic mass is 35.5. The predicted molar refractivity (Wildman–Crippen MR) is 136 cm³/mol. The van der Waals surface area contributed by atoms with Crippen LogP contribution >= 0.6 is 24.8 Å². The van der Waals surface area contributed by atoms with Crippen molar-refractivity contribution in [2.75, 3.05) is 10.6 Å². The number of aromatic nitrogens is 4. The fourth-order valence-corrected chi connectivity index (χ4v) is 4.84. The molecule has 35 heavy (non-hydrogen) atoms. The maximum Gasteiger partial charge on any atom is 0.416 e. The minimum atomic E-state index is -4.37. The van der Waals surface area contributed by atoms with Crippen LogP contribution in [0.5, 0.6) is 0 Å². The first-order chi connectivity index (χ1) is 15.9. The van der Waals surface area contributed by atoms with Gasteiger partial charge in [-0.2, -0.15) is 23.1 Å². The molecule has 0 bridgehead atoms. The van der Waals surface area contributed by atoms with Gasteiger partial charge >= 0.3 is 6.18 Å². The Morgan fingerprint density at radius 3 is 2.20 bits per heavy atom. The van der Waals surface area contributed by atoms with E-state index in [2.05, 4.69) is 25.2 Å². The molecule has 1 aromatic carbocycles. The normalized spacial score (nSPS) is 20.8. The largest absolute Gasteiger partial charge is 0.416 e. The molecule has 3 aromatic rings. The Balaban J connectivity index is 0.00000171. The Morgan fingerprint density at radius 1 is 0.914 bits per heavy atom. The Morgan fingerprint density at radius 2 is 1.57 bits per heavy atom. The summed E-state index contributed by atoms with van der Waals surface area (Å²) in [6, 6.07) is 5.76. The number of halogens is 5. The Kier molecular flexibility index (Phi) is 8.72. The van der Waals surface area contributed by atoms with Crippen LogP contribution in [0.2, 0.25) is 0 Å². The zero-order valence-electron chi connectivity index (χ0n) is 19.1. The number of imidazole rings is 1. The quantitative estimate of drug-likeness (QED) is 0.361. The standard InChI is InChI=1S/C23H28F3N7.2ClH/c24-23(25,26)14-5-9-16(10-6-14)29-20-19-21(33(13-28-19)18-3-1-2-4-18)32-22(31-20)30-17-11-7-15(27)8-12-17;;/h5-6,9-10,13,15,17-18H,1-4,7-8,11-12,27H2,(H2,29,30,31,32);2*1H. The average Bonchev–Trinajstić information content (AvgIpc) is 3.45. The summed E-state index contributed by atoms with van der Waals surface area (Å²) in [6.07, 6.45) is 5.77. The third-order valence-corrected chi connectivity index (χ3v) is 6.72. The van der Waals surface area contributed by atoms with Gasteiger partial charge in [0.15, 0.2) is 17.0 Å². The molecule has 0 atom stereocenters. The van der Waals surface area contributed by atoms with E-state index in [1.807, 2.05) is 0 Å². The van der Waals surface area contributed by atoms with Crippen LogP contribution in [0.15, 0.2) is 30.6 Å². The number of hydrogen-bond acceptors (Lipinski definition) is 6. The highest BCUT2D eigenvalue weighted by Gasteiger charge is 2.30. The summed E-state index contributed by atoms with van der Waals surface area (Å²) < 4.78 is 40.9. The zero-order valence-corrected chi connectivity index (χ0v) is 20.7. The van der Waals surface area contributed by atoms with Crippen LogP contribution in [0, 0.1) is 0 Å². The van der Waals surface area contributed by atoms with Crippen LogP contribution < -0.4 is 16.4 Å². The number of fused-ring (bicyclic) bond motifs is 1. The van der Waals surface area contributed by atoms with Crippen molar-refractivity contribution < 1.29 is 13.2 Å². The molecule has 0 amide bonds. The molecule has 2 fully saturated rings. The third-order valence-electron chi connectivity index (χ3n) is 6.72. The second-order valence-electron chi connectivity index (χ2n) is 9.11. The summed E-state index contributed by atoms with van der Waals surface area (Å²) in [6.45, 7) is 0. The molecule has 2 heterocycles. The van der Waals surface area contributed by atoms with Crippen molar-refractivity contribution in [3.63, 3.8) is 0 Å². The van der Waals surface area contributed by atoms with Gasteiger partial charge in [-0.1, -0.05) is 12.8 Å². The van der Waals surface area contributed by atoms with Crippen LogP contribution in [0.4, 0.5) is 30.6 Å². The molecule has 0 aliphatic heterocycles. The lowest BCUT2D eigenvalue weighted by Crippen LogP contribution is -2.33. The SMILES string of the molecule is Cl.Cl.NC1CCC(Nc2nc(Nc3ccc(C(F)(F)F)cc3)c3ncn(C4CCCC4)c3n2)CC1. The molecule has 5 rings (SSSR count). The van der Waals surface area contributed by atoms with Gasteiger partial charge in [0, 0.05) is 23.8 Å². The second kappa shape index (κ2) is 11.2. The van der Waals surface area contributed by atoms with E-state index in [9.17, 15) is 13.2 Å². The molecular weight excluding hydrogens is 502 g/mol. The number of anilines is 3. The lowest BCUT2D eigenvalue weighted by atomic mass is 9.92. The first-order valence-electron chi connectivity index (χ1n) is 11.6. The molecule has 0 spiro atoms. The maximum atomic E-state index is 12.9. The van der Waals surface area contributed by atoms with Crippen LogP contribution in [-0.4, -0.2) is 31.6 Å². The van der Waals surface area contributed by atoms with Crippen molar-refractivity contribution in [1.29, 1.82) is 0 Å². The number of rotatable bonds is 5. The van der Waals surface area contributed by atoms with Crippen molar-refractivity contribution in [1.82, 2.24) is 19.5 Å². The molecule has 2 aromatic heterocycles. The summed E-state index contributed by atoms with van der Waals surface area (Å²) in [5.74, 6) is 0.976. The molecule has 2 aliphatic carbocycles. The first kappa shape index (κ1) is 27.3. The van der Waals surface area contributed by atoms with E-state index in [0.717, 1.165) is 56.3 Å². The van der Waals surface area contributed by atoms with Crippen LogP contribution in [0.3, 0.4) is 0 Å². The topological polar surface area (TPSA) is 93.7 Å². The van der Waals surface area contributed by atoms with Gasteiger partial charge in [-0.3, -0.25) is 0 Å². The maximum absolute atomic E-state index is 12.9. The van der Waals surface area contributed by atoms with E-state index >= 15 is 0 Å². The van der Waals surface area contributed by atoms with E-state index in [4.69, 9.17) is 10.7 Å². The molecule has 2 saturated carbocycles. The molecule has 0 unspecified atom stereocenters. The van der Waals surface area contributed by atoms with Crippen molar-refractivity contribution in [2.45, 2.75) is 75.7 Å². The van der Waals surface area contributed by atoms with Crippen molar-refractivity contribution in [3.8, 4) is 0 Å². The number of nitrogens with one attached hydrogen (secondary N) is 2. The highest BCUT2D eigenvalue weighted by molar-refractivity contribution is 5.87. The molecule has 12 heteroatoms. The van der Waals surface area contributed by atoms with Crippen LogP contribution in [0.25, 0.3) is 11.2 Å². The van der Waals surface area contributed by atoms with Gasteiger partial charge in [0.05, 0.1) is 11.9 Å². The Bertz CT molecular complexity index is 1110. The first-order valence-corrected chi connectivity index (χ1v) is 11.6. The second-order valence-corrected chi connectivity index (χ2v) is 9.11. The Hall–Kier alpha value is -2.30. The van der Waals surface area contributed by atoms with Gasteiger partial charge < -0.3 is 20.9 Å². The van der Waals surface area contributed by atoms with Crippen molar-refractivity contribution in [2.24, 2.45) is 5.73 Å². The van der Waals surface area contributed by atoms with Crippen LogP contribution in [-0.2, 0) is 6.18 Å². The molecule has 4 N–H and O–H groups in total.